The summed E-state index contributed by atoms with van der Waals surface area (Å²) in [6, 6.07) is 5.21. The molecule has 1 unspecified atom stereocenters. The van der Waals surface area contributed by atoms with Crippen LogP contribution in [0.15, 0.2) is 33.9 Å². The summed E-state index contributed by atoms with van der Waals surface area (Å²) in [4.78, 5) is 20.0. The molecule has 11 heteroatoms. The lowest BCUT2D eigenvalue weighted by atomic mass is 10.1. The van der Waals surface area contributed by atoms with Crippen LogP contribution >= 0.6 is 0 Å². The van der Waals surface area contributed by atoms with E-state index in [4.69, 9.17) is 9.94 Å². The van der Waals surface area contributed by atoms with Gasteiger partial charge in [-0.05, 0) is 19.1 Å². The van der Waals surface area contributed by atoms with Gasteiger partial charge in [-0.1, -0.05) is 22.4 Å². The molecule has 0 saturated carbocycles. The highest BCUT2D eigenvalue weighted by Crippen LogP contribution is 2.29. The Morgan fingerprint density at radius 1 is 1.42 bits per heavy atom. The highest BCUT2D eigenvalue weighted by molar-refractivity contribution is 5.96. The van der Waals surface area contributed by atoms with Gasteiger partial charge in [0.15, 0.2) is 0 Å². The smallest absolute Gasteiger partial charge is 0.394 e. The molecule has 0 bridgehead atoms. The minimum absolute atomic E-state index is 0.0464. The number of carbonyl (C=O) groups excluding carboxylic acids is 1. The molecule has 26 heavy (non-hydrogen) atoms. The number of alkyl halides is 3. The van der Waals surface area contributed by atoms with Crippen LogP contribution in [0, 0.1) is 0 Å². The van der Waals surface area contributed by atoms with Crippen molar-refractivity contribution in [1.82, 2.24) is 15.5 Å². The molecule has 0 aliphatic carbocycles. The summed E-state index contributed by atoms with van der Waals surface area (Å²) in [5.74, 6) is -2.08. The first-order valence-corrected chi connectivity index (χ1v) is 7.39. The molecule has 2 N–H and O–H groups in total. The quantitative estimate of drug-likeness (QED) is 0.436. The highest BCUT2D eigenvalue weighted by atomic mass is 19.4. The van der Waals surface area contributed by atoms with Crippen LogP contribution in [0.5, 0.6) is 0 Å². The third-order valence-electron chi connectivity index (χ3n) is 2.97. The van der Waals surface area contributed by atoms with E-state index in [0.29, 0.717) is 0 Å². The van der Waals surface area contributed by atoms with E-state index in [2.05, 4.69) is 25.1 Å². The minimum Gasteiger partial charge on any atom is -0.394 e. The normalized spacial score (nSPS) is 13.0. The maximum absolute atomic E-state index is 12.5. The van der Waals surface area contributed by atoms with Crippen molar-refractivity contribution in [3.05, 3.63) is 35.7 Å². The number of hydrogen-bond acceptors (Lipinski definition) is 7. The number of nitrogens with zero attached hydrogens (tertiary/aromatic N) is 3. The Labute approximate surface area is 145 Å². The second-order valence-electron chi connectivity index (χ2n) is 5.07. The predicted octanol–water partition coefficient (Wildman–Crippen LogP) is 1.87. The molecule has 1 aromatic heterocycles. The lowest BCUT2D eigenvalue weighted by Crippen LogP contribution is -2.33. The predicted molar refractivity (Wildman–Crippen MR) is 83.2 cm³/mol. The largest absolute Gasteiger partial charge is 0.471 e. The van der Waals surface area contributed by atoms with E-state index in [-0.39, 0.29) is 30.2 Å². The number of nitrogens with one attached hydrogen (secondary N) is 1. The molecule has 2 rings (SSSR count). The number of aliphatic hydroxyl groups is 1. The third-order valence-corrected chi connectivity index (χ3v) is 2.97. The van der Waals surface area contributed by atoms with Gasteiger partial charge in [0.25, 0.3) is 5.91 Å². The summed E-state index contributed by atoms with van der Waals surface area (Å²) in [6.07, 6.45) is -3.37. The van der Waals surface area contributed by atoms with E-state index in [1.54, 1.807) is 6.92 Å². The average Bonchev–Trinajstić information content (AvgIpc) is 3.09. The molecule has 0 aliphatic rings. The molecule has 0 spiro atoms. The summed E-state index contributed by atoms with van der Waals surface area (Å²) in [5, 5.41) is 18.0. The molecule has 0 saturated heterocycles. The highest BCUT2D eigenvalue weighted by Gasteiger charge is 2.38. The molecule has 8 nitrogen and oxygen atoms in total. The van der Waals surface area contributed by atoms with Crippen molar-refractivity contribution in [2.24, 2.45) is 5.16 Å². The molecule has 1 aromatic carbocycles. The van der Waals surface area contributed by atoms with E-state index < -0.39 is 24.0 Å². The molecule has 140 valence electrons. The molecule has 0 aliphatic heterocycles. The van der Waals surface area contributed by atoms with E-state index in [0.717, 1.165) is 0 Å². The molecule has 0 fully saturated rings. The lowest BCUT2D eigenvalue weighted by Gasteiger charge is -2.09. The van der Waals surface area contributed by atoms with Crippen molar-refractivity contribution in [1.29, 1.82) is 0 Å². The summed E-state index contributed by atoms with van der Waals surface area (Å²) in [6.45, 7) is 1.54. The number of carbonyl (C=O) groups is 1. The Kier molecular flexibility index (Phi) is 6.28. The fourth-order valence-electron chi connectivity index (χ4n) is 1.78. The molecule has 1 heterocycles. The number of hydrogen-bond donors (Lipinski definition) is 2. The second kappa shape index (κ2) is 8.43. The van der Waals surface area contributed by atoms with Crippen molar-refractivity contribution in [2.75, 3.05) is 13.2 Å². The summed E-state index contributed by atoms with van der Waals surface area (Å²) >= 11 is 0. The molecular formula is C15H15F3N4O4. The SMILES string of the molecule is CC(/C=N/OCCO)NC(=O)c1ccc(-c2noc(C(F)(F)F)n2)cc1. The van der Waals surface area contributed by atoms with Crippen molar-refractivity contribution in [3.8, 4) is 11.4 Å². The van der Waals surface area contributed by atoms with Gasteiger partial charge in [-0.15, -0.1) is 0 Å². The number of amides is 1. The molecular weight excluding hydrogens is 357 g/mol. The topological polar surface area (TPSA) is 110 Å². The summed E-state index contributed by atoms with van der Waals surface area (Å²) in [5.41, 5.74) is 0.553. The van der Waals surface area contributed by atoms with Gasteiger partial charge in [0.2, 0.25) is 5.82 Å². The van der Waals surface area contributed by atoms with Gasteiger partial charge in [-0.2, -0.15) is 18.2 Å². The van der Waals surface area contributed by atoms with Crippen LogP contribution in [-0.4, -0.2) is 46.6 Å². The zero-order valence-corrected chi connectivity index (χ0v) is 13.5. The van der Waals surface area contributed by atoms with E-state index in [1.807, 2.05) is 0 Å². The summed E-state index contributed by atoms with van der Waals surface area (Å²) < 4.78 is 41.5. The van der Waals surface area contributed by atoms with Crippen molar-refractivity contribution >= 4 is 12.1 Å². The van der Waals surface area contributed by atoms with Crippen LogP contribution in [0.4, 0.5) is 13.2 Å². The van der Waals surface area contributed by atoms with Crippen molar-refractivity contribution in [2.45, 2.75) is 19.1 Å². The number of rotatable bonds is 7. The fraction of sp³-hybridized carbons (Fsp3) is 0.333. The Morgan fingerprint density at radius 3 is 2.69 bits per heavy atom. The first-order valence-electron chi connectivity index (χ1n) is 7.39. The Balaban J connectivity index is 1.99. The second-order valence-corrected chi connectivity index (χ2v) is 5.07. The van der Waals surface area contributed by atoms with Crippen LogP contribution in [0.2, 0.25) is 0 Å². The molecule has 1 amide bonds. The van der Waals surface area contributed by atoms with Crippen LogP contribution in [0.25, 0.3) is 11.4 Å². The van der Waals surface area contributed by atoms with Gasteiger partial charge in [0, 0.05) is 11.1 Å². The van der Waals surface area contributed by atoms with Gasteiger partial charge >= 0.3 is 12.1 Å². The Morgan fingerprint density at radius 2 is 2.12 bits per heavy atom. The van der Waals surface area contributed by atoms with Gasteiger partial charge in [0.05, 0.1) is 18.9 Å². The number of halogens is 3. The van der Waals surface area contributed by atoms with Gasteiger partial charge in [-0.3, -0.25) is 4.79 Å². The third kappa shape index (κ3) is 5.28. The van der Waals surface area contributed by atoms with E-state index >= 15 is 0 Å². The van der Waals surface area contributed by atoms with Gasteiger partial charge < -0.3 is 19.8 Å². The average molecular weight is 372 g/mol. The van der Waals surface area contributed by atoms with Crippen molar-refractivity contribution < 1.29 is 32.4 Å². The fourth-order valence-corrected chi connectivity index (χ4v) is 1.78. The van der Waals surface area contributed by atoms with E-state index in [9.17, 15) is 18.0 Å². The summed E-state index contributed by atoms with van der Waals surface area (Å²) in [7, 11) is 0. The van der Waals surface area contributed by atoms with Crippen LogP contribution < -0.4 is 5.32 Å². The maximum Gasteiger partial charge on any atom is 0.471 e. The first-order chi connectivity index (χ1) is 12.3. The molecule has 1 atom stereocenters. The maximum atomic E-state index is 12.5. The van der Waals surface area contributed by atoms with Gasteiger partial charge in [-0.25, -0.2) is 0 Å². The van der Waals surface area contributed by atoms with E-state index in [1.165, 1.54) is 30.5 Å². The molecule has 0 radical (unpaired) electrons. The van der Waals surface area contributed by atoms with Crippen LogP contribution in [-0.2, 0) is 11.0 Å². The number of oxime groups is 1. The number of benzene rings is 1. The van der Waals surface area contributed by atoms with Gasteiger partial charge in [0.1, 0.15) is 6.61 Å². The Hall–Kier alpha value is -2.95. The van der Waals surface area contributed by atoms with Crippen LogP contribution in [0.1, 0.15) is 23.2 Å². The number of aromatic nitrogens is 2. The zero-order chi connectivity index (χ0) is 19.2. The monoisotopic (exact) mass is 372 g/mol. The molecule has 2 aromatic rings. The lowest BCUT2D eigenvalue weighted by molar-refractivity contribution is -0.159. The Bertz CT molecular complexity index is 759. The zero-order valence-electron chi connectivity index (χ0n) is 13.5. The first kappa shape index (κ1) is 19.4. The van der Waals surface area contributed by atoms with Crippen LogP contribution in [0.3, 0.4) is 0 Å². The minimum atomic E-state index is -4.72. The number of aliphatic hydroxyl groups excluding tert-OH is 1. The standard InChI is InChI=1S/C15H15F3N4O4/c1-9(8-19-25-7-6-23)20-13(24)11-4-2-10(3-5-11)12-21-14(26-22-12)15(16,17)18/h2-5,8-9,23H,6-7H2,1H3,(H,20,24)/b19-8+. The van der Waals surface area contributed by atoms with Crippen molar-refractivity contribution in [3.63, 3.8) is 0 Å².